The molecule has 1 aliphatic rings. The number of fused-ring (bicyclic) bond motifs is 2. The summed E-state index contributed by atoms with van der Waals surface area (Å²) in [5, 5.41) is 0.627. The number of para-hydroxylation sites is 1. The highest BCUT2D eigenvalue weighted by atomic mass is 35.5. The summed E-state index contributed by atoms with van der Waals surface area (Å²) in [6, 6.07) is 18.0. The Balaban J connectivity index is 1.44. The number of benzene rings is 3. The molecule has 0 fully saturated rings. The Morgan fingerprint density at radius 1 is 0.941 bits per heavy atom. The van der Waals surface area contributed by atoms with Crippen LogP contribution in [0.2, 0.25) is 5.02 Å². The monoisotopic (exact) mass is 510 g/mol. The van der Waals surface area contributed by atoms with Crippen molar-refractivity contribution in [2.75, 3.05) is 18.0 Å². The minimum absolute atomic E-state index is 0.140. The molecule has 3 aromatic carbocycles. The summed E-state index contributed by atoms with van der Waals surface area (Å²) in [5.74, 6) is -0.483. The lowest BCUT2D eigenvalue weighted by Gasteiger charge is -2.27. The van der Waals surface area contributed by atoms with Crippen molar-refractivity contribution in [3.63, 3.8) is 0 Å². The van der Waals surface area contributed by atoms with Gasteiger partial charge in [-0.3, -0.25) is 0 Å². The zero-order valence-corrected chi connectivity index (χ0v) is 19.6. The molecule has 0 saturated heterocycles. The van der Waals surface area contributed by atoms with Gasteiger partial charge in [0.25, 0.3) is 0 Å². The smallest absolute Gasteiger partial charge is 0.406 e. The third kappa shape index (κ3) is 5.84. The standard InChI is InChI=1S/C24H22ClF3N2O3S/c25-19-9-8-18-7-6-17-4-1-2-5-22(17)30(23(18)16-19)15-3-14-29-34(31,32)21-12-10-20(11-13-21)33-24(26,27)28/h1-2,4-5,8-13,16,29H,3,6-7,14-15H2. The number of alkyl halides is 3. The maximum absolute atomic E-state index is 12.6. The van der Waals surface area contributed by atoms with Crippen LogP contribution in [0, 0.1) is 0 Å². The van der Waals surface area contributed by atoms with Gasteiger partial charge in [-0.05, 0) is 72.9 Å². The zero-order valence-electron chi connectivity index (χ0n) is 18.0. The Morgan fingerprint density at radius 3 is 2.32 bits per heavy atom. The first-order chi connectivity index (χ1) is 16.1. The molecule has 0 aromatic heterocycles. The van der Waals surface area contributed by atoms with Crippen molar-refractivity contribution in [2.45, 2.75) is 30.5 Å². The molecule has 0 aliphatic carbocycles. The van der Waals surface area contributed by atoms with Gasteiger partial charge in [0.15, 0.2) is 0 Å². The topological polar surface area (TPSA) is 58.6 Å². The van der Waals surface area contributed by atoms with Gasteiger partial charge in [0.2, 0.25) is 10.0 Å². The molecule has 0 unspecified atom stereocenters. The molecule has 0 radical (unpaired) electrons. The molecule has 34 heavy (non-hydrogen) atoms. The highest BCUT2D eigenvalue weighted by molar-refractivity contribution is 7.89. The van der Waals surface area contributed by atoms with Gasteiger partial charge < -0.3 is 9.64 Å². The molecule has 0 amide bonds. The highest BCUT2D eigenvalue weighted by Crippen LogP contribution is 2.37. The molecule has 180 valence electrons. The van der Waals surface area contributed by atoms with Crippen molar-refractivity contribution in [1.29, 1.82) is 0 Å². The second kappa shape index (κ2) is 9.85. The van der Waals surface area contributed by atoms with Gasteiger partial charge in [-0.15, -0.1) is 13.2 Å². The molecule has 5 nitrogen and oxygen atoms in total. The van der Waals surface area contributed by atoms with E-state index in [2.05, 4.69) is 20.4 Å². The number of aryl methyl sites for hydroxylation is 2. The van der Waals surface area contributed by atoms with Crippen molar-refractivity contribution in [3.05, 3.63) is 82.9 Å². The van der Waals surface area contributed by atoms with Crippen molar-refractivity contribution in [3.8, 4) is 5.75 Å². The van der Waals surface area contributed by atoms with Crippen LogP contribution in [0.4, 0.5) is 24.5 Å². The maximum Gasteiger partial charge on any atom is 0.573 e. The number of hydrogen-bond acceptors (Lipinski definition) is 4. The van der Waals surface area contributed by atoms with Crippen LogP contribution in [0.3, 0.4) is 0 Å². The van der Waals surface area contributed by atoms with Gasteiger partial charge in [0.1, 0.15) is 5.75 Å². The average Bonchev–Trinajstić information content (AvgIpc) is 2.93. The summed E-state index contributed by atoms with van der Waals surface area (Å²) >= 11 is 6.27. The van der Waals surface area contributed by atoms with Crippen LogP contribution in [0.1, 0.15) is 17.5 Å². The number of ether oxygens (including phenoxy) is 1. The first-order valence-corrected chi connectivity index (χ1v) is 12.5. The van der Waals surface area contributed by atoms with Gasteiger partial charge >= 0.3 is 6.36 Å². The van der Waals surface area contributed by atoms with E-state index in [1.807, 2.05) is 36.4 Å². The Morgan fingerprint density at radius 2 is 1.62 bits per heavy atom. The van der Waals surface area contributed by atoms with Gasteiger partial charge in [0, 0.05) is 29.5 Å². The third-order valence-corrected chi connectivity index (χ3v) is 7.21. The number of nitrogens with zero attached hydrogens (tertiary/aromatic N) is 1. The predicted octanol–water partition coefficient (Wildman–Crippen LogP) is 5.84. The van der Waals surface area contributed by atoms with Crippen LogP contribution in [-0.4, -0.2) is 27.9 Å². The minimum Gasteiger partial charge on any atom is -0.406 e. The van der Waals surface area contributed by atoms with E-state index in [1.165, 1.54) is 11.1 Å². The first kappa shape index (κ1) is 24.4. The summed E-state index contributed by atoms with van der Waals surface area (Å²) in [7, 11) is -3.89. The summed E-state index contributed by atoms with van der Waals surface area (Å²) in [4.78, 5) is 2.01. The number of anilines is 2. The molecule has 1 heterocycles. The summed E-state index contributed by atoms with van der Waals surface area (Å²) in [6.07, 6.45) is -2.58. The van der Waals surface area contributed by atoms with Gasteiger partial charge in [-0.2, -0.15) is 0 Å². The van der Waals surface area contributed by atoms with Crippen LogP contribution in [0.5, 0.6) is 5.75 Å². The zero-order chi connectivity index (χ0) is 24.3. The molecule has 1 N–H and O–H groups in total. The second-order valence-corrected chi connectivity index (χ2v) is 10.0. The molecular formula is C24H22ClF3N2O3S. The molecule has 0 spiro atoms. The van der Waals surface area contributed by atoms with Crippen molar-refractivity contribution in [2.24, 2.45) is 0 Å². The van der Waals surface area contributed by atoms with Crippen LogP contribution < -0.4 is 14.4 Å². The largest absolute Gasteiger partial charge is 0.573 e. The van der Waals surface area contributed by atoms with E-state index in [0.717, 1.165) is 48.5 Å². The van der Waals surface area contributed by atoms with Crippen LogP contribution >= 0.6 is 11.6 Å². The summed E-state index contributed by atoms with van der Waals surface area (Å²) in [5.41, 5.74) is 4.44. The molecule has 1 aliphatic heterocycles. The Labute approximate surface area is 201 Å². The average molecular weight is 511 g/mol. The van der Waals surface area contributed by atoms with Crippen molar-refractivity contribution < 1.29 is 26.3 Å². The van der Waals surface area contributed by atoms with Crippen LogP contribution in [0.15, 0.2) is 71.6 Å². The normalized spacial score (nSPS) is 13.7. The SMILES string of the molecule is O=S(=O)(NCCCN1c2ccccc2CCc2ccc(Cl)cc21)c1ccc(OC(F)(F)F)cc1. The molecule has 0 saturated carbocycles. The van der Waals surface area contributed by atoms with Crippen LogP contribution in [-0.2, 0) is 22.9 Å². The van der Waals surface area contributed by atoms with E-state index in [1.54, 1.807) is 0 Å². The van der Waals surface area contributed by atoms with Gasteiger partial charge in [0.05, 0.1) is 4.90 Å². The maximum atomic E-state index is 12.6. The molecule has 0 atom stereocenters. The fourth-order valence-electron chi connectivity index (χ4n) is 3.97. The second-order valence-electron chi connectivity index (χ2n) is 7.82. The number of halogens is 4. The van der Waals surface area contributed by atoms with Gasteiger partial charge in [-0.25, -0.2) is 13.1 Å². The minimum atomic E-state index is -4.84. The van der Waals surface area contributed by atoms with E-state index in [-0.39, 0.29) is 11.4 Å². The predicted molar refractivity (Wildman–Crippen MR) is 125 cm³/mol. The lowest BCUT2D eigenvalue weighted by atomic mass is 10.0. The Hall–Kier alpha value is -2.75. The fraction of sp³-hybridized carbons (Fsp3) is 0.250. The number of hydrogen-bond donors (Lipinski definition) is 1. The molecule has 10 heteroatoms. The van der Waals surface area contributed by atoms with Crippen molar-refractivity contribution in [1.82, 2.24) is 4.72 Å². The number of sulfonamides is 1. The molecule has 4 rings (SSSR count). The molecule has 3 aromatic rings. The Bertz CT molecular complexity index is 1270. The quantitative estimate of drug-likeness (QED) is 0.405. The number of nitrogens with one attached hydrogen (secondary N) is 1. The molecular weight excluding hydrogens is 489 g/mol. The molecule has 0 bridgehead atoms. The lowest BCUT2D eigenvalue weighted by molar-refractivity contribution is -0.274. The Kier molecular flexibility index (Phi) is 7.06. The van der Waals surface area contributed by atoms with Crippen molar-refractivity contribution >= 4 is 33.0 Å². The summed E-state index contributed by atoms with van der Waals surface area (Å²) < 4.78 is 68.3. The fourth-order valence-corrected chi connectivity index (χ4v) is 5.21. The highest BCUT2D eigenvalue weighted by Gasteiger charge is 2.31. The van der Waals surface area contributed by atoms with Crippen LogP contribution in [0.25, 0.3) is 0 Å². The number of rotatable bonds is 7. The van der Waals surface area contributed by atoms with E-state index in [4.69, 9.17) is 11.6 Å². The first-order valence-electron chi connectivity index (χ1n) is 10.6. The van der Waals surface area contributed by atoms with E-state index < -0.39 is 22.1 Å². The van der Waals surface area contributed by atoms with E-state index in [9.17, 15) is 21.6 Å². The lowest BCUT2D eigenvalue weighted by Crippen LogP contribution is -2.28. The van der Waals surface area contributed by atoms with Gasteiger partial charge in [-0.1, -0.05) is 35.9 Å². The van der Waals surface area contributed by atoms with E-state index >= 15 is 0 Å². The third-order valence-electron chi connectivity index (χ3n) is 5.50. The summed E-state index contributed by atoms with van der Waals surface area (Å²) in [6.45, 7) is 0.697. The van der Waals surface area contributed by atoms with E-state index in [0.29, 0.717) is 18.0 Å².